The van der Waals surface area contributed by atoms with Crippen molar-refractivity contribution in [2.75, 3.05) is 7.11 Å². The number of amides is 1. The van der Waals surface area contributed by atoms with Crippen LogP contribution < -0.4 is 5.32 Å². The summed E-state index contributed by atoms with van der Waals surface area (Å²) in [5.74, 6) is 2.43. The van der Waals surface area contributed by atoms with Crippen LogP contribution in [0.2, 0.25) is 0 Å². The fourth-order valence-corrected chi connectivity index (χ4v) is 1.19. The predicted molar refractivity (Wildman–Crippen MR) is 61.4 cm³/mol. The first-order chi connectivity index (χ1) is 7.03. The largest absolute Gasteiger partial charge is 0.369 e. The van der Waals surface area contributed by atoms with Gasteiger partial charge in [0.05, 0.1) is 6.04 Å². The Kier molecular flexibility index (Phi) is 6.03. The molecule has 0 rings (SSSR count). The van der Waals surface area contributed by atoms with E-state index < -0.39 is 5.60 Å². The van der Waals surface area contributed by atoms with E-state index in [-0.39, 0.29) is 11.9 Å². The van der Waals surface area contributed by atoms with E-state index in [4.69, 9.17) is 11.2 Å². The van der Waals surface area contributed by atoms with Crippen LogP contribution in [0.25, 0.3) is 0 Å². The molecule has 3 nitrogen and oxygen atoms in total. The van der Waals surface area contributed by atoms with E-state index in [0.717, 1.165) is 12.8 Å². The molecule has 0 radical (unpaired) electrons. The predicted octanol–water partition coefficient (Wildman–Crippen LogP) is 1.72. The van der Waals surface area contributed by atoms with Gasteiger partial charge >= 0.3 is 0 Å². The lowest BCUT2D eigenvalue weighted by atomic mass is 10.0. The lowest BCUT2D eigenvalue weighted by Crippen LogP contribution is -2.48. The minimum Gasteiger partial charge on any atom is -0.369 e. The second kappa shape index (κ2) is 6.47. The average molecular weight is 211 g/mol. The summed E-state index contributed by atoms with van der Waals surface area (Å²) in [5, 5.41) is 2.81. The third-order valence-corrected chi connectivity index (χ3v) is 2.69. The first-order valence-electron chi connectivity index (χ1n) is 5.36. The third kappa shape index (κ3) is 3.93. The maximum absolute atomic E-state index is 11.8. The van der Waals surface area contributed by atoms with Gasteiger partial charge in [0.1, 0.15) is 5.60 Å². The van der Waals surface area contributed by atoms with E-state index in [2.05, 4.69) is 11.2 Å². The van der Waals surface area contributed by atoms with Gasteiger partial charge in [-0.25, -0.2) is 0 Å². The summed E-state index contributed by atoms with van der Waals surface area (Å²) < 4.78 is 5.19. The molecule has 0 aliphatic rings. The average Bonchev–Trinajstić information content (AvgIpc) is 2.27. The van der Waals surface area contributed by atoms with Gasteiger partial charge in [-0.1, -0.05) is 26.2 Å². The van der Waals surface area contributed by atoms with Gasteiger partial charge in [0.2, 0.25) is 0 Å². The smallest absolute Gasteiger partial charge is 0.252 e. The minimum absolute atomic E-state index is 0.135. The molecule has 0 heterocycles. The number of terminal acetylenes is 1. The number of ether oxygens (including phenoxy) is 1. The SMILES string of the molecule is C#CC(CCC)NC(=O)C(C)(CC)OC. The topological polar surface area (TPSA) is 38.3 Å². The third-order valence-electron chi connectivity index (χ3n) is 2.69. The van der Waals surface area contributed by atoms with Crippen LogP contribution in [0.15, 0.2) is 0 Å². The lowest BCUT2D eigenvalue weighted by molar-refractivity contribution is -0.142. The normalized spacial score (nSPS) is 16.2. The van der Waals surface area contributed by atoms with Gasteiger partial charge in [0.15, 0.2) is 0 Å². The summed E-state index contributed by atoms with van der Waals surface area (Å²) in [6.07, 6.45) is 7.70. The maximum Gasteiger partial charge on any atom is 0.252 e. The number of carbonyl (C=O) groups excluding carboxylic acids is 1. The zero-order chi connectivity index (χ0) is 11.9. The molecule has 86 valence electrons. The zero-order valence-corrected chi connectivity index (χ0v) is 10.1. The van der Waals surface area contributed by atoms with Gasteiger partial charge in [-0.3, -0.25) is 4.79 Å². The van der Waals surface area contributed by atoms with Crippen LogP contribution in [0.3, 0.4) is 0 Å². The van der Waals surface area contributed by atoms with Crippen LogP contribution in [-0.4, -0.2) is 24.7 Å². The Hall–Kier alpha value is -1.01. The molecule has 15 heavy (non-hydrogen) atoms. The molecule has 0 saturated carbocycles. The minimum atomic E-state index is -0.775. The van der Waals surface area contributed by atoms with Gasteiger partial charge in [-0.15, -0.1) is 6.42 Å². The Morgan fingerprint density at radius 1 is 1.60 bits per heavy atom. The number of rotatable bonds is 6. The number of hydrogen-bond acceptors (Lipinski definition) is 2. The molecule has 3 heteroatoms. The second-order valence-electron chi connectivity index (χ2n) is 3.77. The number of carbonyl (C=O) groups is 1. The first-order valence-corrected chi connectivity index (χ1v) is 5.36. The Morgan fingerprint density at radius 2 is 2.20 bits per heavy atom. The summed E-state index contributed by atoms with van der Waals surface area (Å²) in [7, 11) is 1.54. The van der Waals surface area contributed by atoms with E-state index in [9.17, 15) is 4.79 Å². The van der Waals surface area contributed by atoms with Gasteiger partial charge < -0.3 is 10.1 Å². The fourth-order valence-electron chi connectivity index (χ4n) is 1.19. The van der Waals surface area contributed by atoms with Crippen molar-refractivity contribution >= 4 is 5.91 Å². The van der Waals surface area contributed by atoms with Crippen LogP contribution in [-0.2, 0) is 9.53 Å². The number of hydrogen-bond donors (Lipinski definition) is 1. The van der Waals surface area contributed by atoms with Crippen molar-refractivity contribution in [3.05, 3.63) is 0 Å². The second-order valence-corrected chi connectivity index (χ2v) is 3.77. The molecular weight excluding hydrogens is 190 g/mol. The van der Waals surface area contributed by atoms with Crippen molar-refractivity contribution in [2.45, 2.75) is 51.7 Å². The molecule has 0 aliphatic carbocycles. The fraction of sp³-hybridized carbons (Fsp3) is 0.750. The van der Waals surface area contributed by atoms with Crippen molar-refractivity contribution in [3.63, 3.8) is 0 Å². The van der Waals surface area contributed by atoms with Crippen LogP contribution >= 0.6 is 0 Å². The van der Waals surface area contributed by atoms with E-state index in [0.29, 0.717) is 6.42 Å². The highest BCUT2D eigenvalue weighted by molar-refractivity contribution is 5.85. The summed E-state index contributed by atoms with van der Waals surface area (Å²) in [6.45, 7) is 5.71. The molecule has 1 amide bonds. The van der Waals surface area contributed by atoms with Crippen LogP contribution in [0.5, 0.6) is 0 Å². The maximum atomic E-state index is 11.8. The van der Waals surface area contributed by atoms with Gasteiger partial charge in [-0.05, 0) is 19.8 Å². The molecule has 0 spiro atoms. The van der Waals surface area contributed by atoms with E-state index >= 15 is 0 Å². The van der Waals surface area contributed by atoms with Crippen LogP contribution in [0, 0.1) is 12.3 Å². The monoisotopic (exact) mass is 211 g/mol. The van der Waals surface area contributed by atoms with Crippen molar-refractivity contribution < 1.29 is 9.53 Å². The lowest BCUT2D eigenvalue weighted by Gasteiger charge is -2.26. The van der Waals surface area contributed by atoms with Gasteiger partial charge in [0, 0.05) is 7.11 Å². The summed E-state index contributed by atoms with van der Waals surface area (Å²) >= 11 is 0. The number of nitrogens with one attached hydrogen (secondary N) is 1. The highest BCUT2D eigenvalue weighted by Gasteiger charge is 2.31. The Balaban J connectivity index is 4.40. The molecule has 0 aliphatic heterocycles. The van der Waals surface area contributed by atoms with E-state index in [1.54, 1.807) is 6.92 Å². The molecule has 2 atom stereocenters. The highest BCUT2D eigenvalue weighted by Crippen LogP contribution is 2.14. The molecule has 0 aromatic heterocycles. The Morgan fingerprint density at radius 3 is 2.53 bits per heavy atom. The van der Waals surface area contributed by atoms with E-state index in [1.807, 2.05) is 13.8 Å². The summed E-state index contributed by atoms with van der Waals surface area (Å²) in [6, 6.07) is -0.191. The first kappa shape index (κ1) is 14.0. The van der Waals surface area contributed by atoms with Crippen LogP contribution in [0.1, 0.15) is 40.0 Å². The molecule has 2 unspecified atom stereocenters. The highest BCUT2D eigenvalue weighted by atomic mass is 16.5. The molecule has 0 fully saturated rings. The van der Waals surface area contributed by atoms with Crippen molar-refractivity contribution in [3.8, 4) is 12.3 Å². The molecule has 0 aromatic carbocycles. The quantitative estimate of drug-likeness (QED) is 0.679. The molecule has 0 bridgehead atoms. The zero-order valence-electron chi connectivity index (χ0n) is 10.1. The van der Waals surface area contributed by atoms with Crippen LogP contribution in [0.4, 0.5) is 0 Å². The van der Waals surface area contributed by atoms with Crippen molar-refractivity contribution in [1.82, 2.24) is 5.32 Å². The Labute approximate surface area is 92.6 Å². The van der Waals surface area contributed by atoms with E-state index in [1.165, 1.54) is 7.11 Å². The standard InChI is InChI=1S/C12H21NO2/c1-6-9-10(7-2)13-11(14)12(4,8-3)15-5/h2,10H,6,8-9H2,1,3-5H3,(H,13,14). The summed E-state index contributed by atoms with van der Waals surface area (Å²) in [5.41, 5.74) is -0.775. The van der Waals surface area contributed by atoms with Gasteiger partial charge in [0.25, 0.3) is 5.91 Å². The molecule has 0 saturated heterocycles. The molecule has 1 N–H and O–H groups in total. The van der Waals surface area contributed by atoms with Gasteiger partial charge in [-0.2, -0.15) is 0 Å². The Bertz CT molecular complexity index is 238. The van der Waals surface area contributed by atoms with Crippen molar-refractivity contribution in [2.24, 2.45) is 0 Å². The molecular formula is C12H21NO2. The van der Waals surface area contributed by atoms with Crippen molar-refractivity contribution in [1.29, 1.82) is 0 Å². The number of methoxy groups -OCH3 is 1. The molecule has 0 aromatic rings. The summed E-state index contributed by atoms with van der Waals surface area (Å²) in [4.78, 5) is 11.8.